The molecule has 1 amide bonds. The van der Waals surface area contributed by atoms with Gasteiger partial charge < -0.3 is 10.6 Å². The van der Waals surface area contributed by atoms with E-state index in [2.05, 4.69) is 4.90 Å². The van der Waals surface area contributed by atoms with Gasteiger partial charge in [0.05, 0.1) is 0 Å². The molecule has 4 nitrogen and oxygen atoms in total. The second-order valence-corrected chi connectivity index (χ2v) is 6.44. The molecule has 0 radical (unpaired) electrons. The summed E-state index contributed by atoms with van der Waals surface area (Å²) in [5, 5.41) is 1.98. The Labute approximate surface area is 118 Å². The Balaban J connectivity index is 1.69. The first kappa shape index (κ1) is 13.1. The molecule has 1 aromatic rings. The highest BCUT2D eigenvalue weighted by Gasteiger charge is 2.32. The predicted octanol–water partition coefficient (Wildman–Crippen LogP) is 1.44. The van der Waals surface area contributed by atoms with Crippen molar-refractivity contribution in [1.29, 1.82) is 0 Å². The van der Waals surface area contributed by atoms with Crippen molar-refractivity contribution in [3.63, 3.8) is 0 Å². The average Bonchev–Trinajstić information content (AvgIpc) is 3.05. The van der Waals surface area contributed by atoms with E-state index in [1.54, 1.807) is 11.3 Å². The maximum Gasteiger partial charge on any atom is 0.244 e. The van der Waals surface area contributed by atoms with Crippen LogP contribution in [0.4, 0.5) is 0 Å². The van der Waals surface area contributed by atoms with E-state index in [1.807, 2.05) is 22.4 Å². The zero-order valence-electron chi connectivity index (χ0n) is 11.1. The van der Waals surface area contributed by atoms with Crippen LogP contribution >= 0.6 is 11.3 Å². The van der Waals surface area contributed by atoms with Crippen molar-refractivity contribution in [3.8, 4) is 0 Å². The molecule has 0 saturated carbocycles. The number of rotatable bonds is 2. The maximum absolute atomic E-state index is 12.5. The summed E-state index contributed by atoms with van der Waals surface area (Å²) in [6.45, 7) is 4.04. The lowest BCUT2D eigenvalue weighted by atomic mass is 10.1. The Hall–Kier alpha value is -0.910. The first-order valence-electron chi connectivity index (χ1n) is 7.07. The summed E-state index contributed by atoms with van der Waals surface area (Å²) in [7, 11) is 0. The van der Waals surface area contributed by atoms with Gasteiger partial charge in [0.25, 0.3) is 0 Å². The van der Waals surface area contributed by atoms with Crippen LogP contribution in [-0.2, 0) is 4.79 Å². The van der Waals surface area contributed by atoms with Crippen molar-refractivity contribution < 1.29 is 4.79 Å². The van der Waals surface area contributed by atoms with Crippen LogP contribution in [-0.4, -0.2) is 47.9 Å². The Morgan fingerprint density at radius 3 is 3.00 bits per heavy atom. The van der Waals surface area contributed by atoms with Crippen LogP contribution in [0.25, 0.3) is 0 Å². The Morgan fingerprint density at radius 2 is 2.21 bits per heavy atom. The van der Waals surface area contributed by atoms with Gasteiger partial charge in [-0.1, -0.05) is 6.07 Å². The van der Waals surface area contributed by atoms with Crippen molar-refractivity contribution in [2.24, 2.45) is 5.73 Å². The zero-order chi connectivity index (χ0) is 13.2. The third-order valence-electron chi connectivity index (χ3n) is 4.23. The minimum atomic E-state index is -0.479. The highest BCUT2D eigenvalue weighted by molar-refractivity contribution is 7.10. The Bertz CT molecular complexity index is 434. The van der Waals surface area contributed by atoms with Crippen molar-refractivity contribution >= 4 is 17.2 Å². The first-order valence-corrected chi connectivity index (χ1v) is 7.95. The number of hydrogen-bond acceptors (Lipinski definition) is 4. The molecule has 1 aromatic heterocycles. The minimum Gasteiger partial charge on any atom is -0.339 e. The number of carbonyl (C=O) groups is 1. The molecule has 2 fully saturated rings. The maximum atomic E-state index is 12.5. The monoisotopic (exact) mass is 279 g/mol. The van der Waals surface area contributed by atoms with Crippen molar-refractivity contribution in [1.82, 2.24) is 9.80 Å². The summed E-state index contributed by atoms with van der Waals surface area (Å²) >= 11 is 1.57. The van der Waals surface area contributed by atoms with Crippen LogP contribution in [0.1, 0.15) is 30.2 Å². The summed E-state index contributed by atoms with van der Waals surface area (Å²) < 4.78 is 0. The topological polar surface area (TPSA) is 49.6 Å². The molecule has 5 heteroatoms. The third kappa shape index (κ3) is 2.68. The molecule has 0 spiro atoms. The molecule has 2 aliphatic heterocycles. The van der Waals surface area contributed by atoms with E-state index in [4.69, 9.17) is 5.73 Å². The first-order chi connectivity index (χ1) is 9.25. The normalized spacial score (nSPS) is 25.9. The molecule has 2 N–H and O–H groups in total. The van der Waals surface area contributed by atoms with E-state index in [9.17, 15) is 4.79 Å². The number of carbonyl (C=O) groups excluding carboxylic acids is 1. The summed E-state index contributed by atoms with van der Waals surface area (Å²) in [6, 6.07) is 3.98. The van der Waals surface area contributed by atoms with Gasteiger partial charge in [-0.15, -0.1) is 11.3 Å². The number of fused-ring (bicyclic) bond motifs is 1. The molecule has 2 atom stereocenters. The van der Waals surface area contributed by atoms with E-state index < -0.39 is 6.04 Å². The predicted molar refractivity (Wildman–Crippen MR) is 77.0 cm³/mol. The summed E-state index contributed by atoms with van der Waals surface area (Å²) in [6.07, 6.45) is 3.56. The molecule has 2 aliphatic rings. The average molecular weight is 279 g/mol. The highest BCUT2D eigenvalue weighted by atomic mass is 32.1. The number of hydrogen-bond donors (Lipinski definition) is 1. The third-order valence-corrected chi connectivity index (χ3v) is 5.19. The number of nitrogens with two attached hydrogens (primary N) is 1. The van der Waals surface area contributed by atoms with Gasteiger partial charge in [0, 0.05) is 30.6 Å². The van der Waals surface area contributed by atoms with Crippen LogP contribution in [0.5, 0.6) is 0 Å². The second kappa shape index (κ2) is 5.61. The van der Waals surface area contributed by atoms with Gasteiger partial charge in [-0.3, -0.25) is 9.69 Å². The highest BCUT2D eigenvalue weighted by Crippen LogP contribution is 2.24. The standard InChI is InChI=1S/C14H21N3OS/c15-13(12-5-2-9-19-12)14(18)17-8-3-7-16-6-1-4-11(16)10-17/h2,5,9,11,13H,1,3-4,6-8,10,15H2. The lowest BCUT2D eigenvalue weighted by Crippen LogP contribution is -2.43. The molecule has 0 aromatic carbocycles. The smallest absolute Gasteiger partial charge is 0.244 e. The summed E-state index contributed by atoms with van der Waals surface area (Å²) in [4.78, 5) is 18.0. The van der Waals surface area contributed by atoms with Gasteiger partial charge in [0.1, 0.15) is 6.04 Å². The van der Waals surface area contributed by atoms with E-state index >= 15 is 0 Å². The van der Waals surface area contributed by atoms with Gasteiger partial charge in [0.2, 0.25) is 5.91 Å². The Morgan fingerprint density at radius 1 is 1.37 bits per heavy atom. The molecule has 3 heterocycles. The van der Waals surface area contributed by atoms with Crippen LogP contribution < -0.4 is 5.73 Å². The molecule has 104 valence electrons. The number of thiophene rings is 1. The zero-order valence-corrected chi connectivity index (χ0v) is 11.9. The van der Waals surface area contributed by atoms with Gasteiger partial charge >= 0.3 is 0 Å². The van der Waals surface area contributed by atoms with Gasteiger partial charge in [-0.25, -0.2) is 0 Å². The van der Waals surface area contributed by atoms with Crippen LogP contribution in [0, 0.1) is 0 Å². The molecule has 19 heavy (non-hydrogen) atoms. The molecule has 0 bridgehead atoms. The lowest BCUT2D eigenvalue weighted by molar-refractivity contribution is -0.132. The summed E-state index contributed by atoms with van der Waals surface area (Å²) in [5.41, 5.74) is 6.11. The Kier molecular flexibility index (Phi) is 3.86. The van der Waals surface area contributed by atoms with E-state index in [1.165, 1.54) is 19.4 Å². The minimum absolute atomic E-state index is 0.0937. The fourth-order valence-electron chi connectivity index (χ4n) is 3.19. The van der Waals surface area contributed by atoms with Crippen molar-refractivity contribution in [2.75, 3.05) is 26.2 Å². The summed E-state index contributed by atoms with van der Waals surface area (Å²) in [5.74, 6) is 0.0937. The molecular weight excluding hydrogens is 258 g/mol. The fraction of sp³-hybridized carbons (Fsp3) is 0.643. The molecule has 3 rings (SSSR count). The van der Waals surface area contributed by atoms with Crippen LogP contribution in [0.2, 0.25) is 0 Å². The molecular formula is C14H21N3OS. The van der Waals surface area contributed by atoms with Gasteiger partial charge in [-0.2, -0.15) is 0 Å². The quantitative estimate of drug-likeness (QED) is 0.891. The van der Waals surface area contributed by atoms with Gasteiger partial charge in [-0.05, 0) is 37.3 Å². The fourth-order valence-corrected chi connectivity index (χ4v) is 3.91. The molecule has 2 saturated heterocycles. The largest absolute Gasteiger partial charge is 0.339 e. The van der Waals surface area contributed by atoms with E-state index in [0.717, 1.165) is 30.9 Å². The van der Waals surface area contributed by atoms with Crippen molar-refractivity contribution in [3.05, 3.63) is 22.4 Å². The second-order valence-electron chi connectivity index (χ2n) is 5.46. The van der Waals surface area contributed by atoms with Crippen LogP contribution in [0.3, 0.4) is 0 Å². The lowest BCUT2D eigenvalue weighted by Gasteiger charge is -2.27. The van der Waals surface area contributed by atoms with Crippen molar-refractivity contribution in [2.45, 2.75) is 31.3 Å². The number of amides is 1. The number of nitrogens with zero attached hydrogens (tertiary/aromatic N) is 2. The molecule has 0 aliphatic carbocycles. The SMILES string of the molecule is NC(C(=O)N1CCCN2CCCC2C1)c1cccs1. The van der Waals surface area contributed by atoms with E-state index in [-0.39, 0.29) is 5.91 Å². The van der Waals surface area contributed by atoms with Crippen LogP contribution in [0.15, 0.2) is 17.5 Å². The van der Waals surface area contributed by atoms with E-state index in [0.29, 0.717) is 6.04 Å². The van der Waals surface area contributed by atoms with Gasteiger partial charge in [0.15, 0.2) is 0 Å². The molecule has 2 unspecified atom stereocenters.